The summed E-state index contributed by atoms with van der Waals surface area (Å²) < 4.78 is 25.7. The Labute approximate surface area is 132 Å². The van der Waals surface area contributed by atoms with E-state index < -0.39 is 16.1 Å². The molecule has 1 unspecified atom stereocenters. The number of nitrogens with one attached hydrogen (secondary N) is 1. The van der Waals surface area contributed by atoms with Gasteiger partial charge in [0.05, 0.1) is 5.75 Å². The van der Waals surface area contributed by atoms with Crippen LogP contribution in [0.15, 0.2) is 24.4 Å². The predicted octanol–water partition coefficient (Wildman–Crippen LogP) is 0.944. The SMILES string of the molecule is CCCS(=O)(=O)N1CCCC1C(=O)NCCc1ccccn1. The summed E-state index contributed by atoms with van der Waals surface area (Å²) in [7, 11) is -3.32. The lowest BCUT2D eigenvalue weighted by atomic mass is 10.2. The number of aromatic nitrogens is 1. The highest BCUT2D eigenvalue weighted by Crippen LogP contribution is 2.21. The molecule has 2 rings (SSSR count). The van der Waals surface area contributed by atoms with Crippen LogP contribution in [-0.4, -0.2) is 48.5 Å². The van der Waals surface area contributed by atoms with Crippen molar-refractivity contribution in [3.05, 3.63) is 30.1 Å². The Balaban J connectivity index is 1.88. The molecule has 0 aromatic carbocycles. The van der Waals surface area contributed by atoms with Gasteiger partial charge in [-0.25, -0.2) is 8.42 Å². The molecule has 1 amide bonds. The van der Waals surface area contributed by atoms with Crippen LogP contribution >= 0.6 is 0 Å². The molecule has 1 aliphatic heterocycles. The van der Waals surface area contributed by atoms with Crippen LogP contribution in [0.5, 0.6) is 0 Å². The van der Waals surface area contributed by atoms with Gasteiger partial charge in [0.25, 0.3) is 0 Å². The molecular formula is C15H23N3O3S. The number of pyridine rings is 1. The lowest BCUT2D eigenvalue weighted by Gasteiger charge is -2.23. The zero-order valence-corrected chi connectivity index (χ0v) is 13.7. The van der Waals surface area contributed by atoms with E-state index in [0.29, 0.717) is 32.4 Å². The molecule has 0 aliphatic carbocycles. The summed E-state index contributed by atoms with van der Waals surface area (Å²) in [5, 5.41) is 2.83. The van der Waals surface area contributed by atoms with Gasteiger partial charge in [-0.05, 0) is 31.4 Å². The van der Waals surface area contributed by atoms with Crippen molar-refractivity contribution >= 4 is 15.9 Å². The Hall–Kier alpha value is -1.47. The summed E-state index contributed by atoms with van der Waals surface area (Å²) in [5.74, 6) is -0.0989. The monoisotopic (exact) mass is 325 g/mol. The molecule has 0 saturated carbocycles. The fourth-order valence-electron chi connectivity index (χ4n) is 2.69. The third-order valence-corrected chi connectivity index (χ3v) is 5.81. The van der Waals surface area contributed by atoms with Gasteiger partial charge in [-0.2, -0.15) is 4.31 Å². The Morgan fingerprint density at radius 3 is 2.95 bits per heavy atom. The summed E-state index contributed by atoms with van der Waals surface area (Å²) in [6, 6.07) is 5.09. The fourth-order valence-corrected chi connectivity index (χ4v) is 4.43. The number of carbonyl (C=O) groups excluding carboxylic acids is 1. The van der Waals surface area contributed by atoms with Crippen LogP contribution in [0.25, 0.3) is 0 Å². The van der Waals surface area contributed by atoms with Gasteiger partial charge in [0, 0.05) is 31.4 Å². The lowest BCUT2D eigenvalue weighted by molar-refractivity contribution is -0.124. The fraction of sp³-hybridized carbons (Fsp3) is 0.600. The standard InChI is InChI=1S/C15H23N3O3S/c1-2-12-22(20,21)18-11-5-7-14(18)15(19)17-10-8-13-6-3-4-9-16-13/h3-4,6,9,14H,2,5,7-8,10-12H2,1H3,(H,17,19). The van der Waals surface area contributed by atoms with Crippen LogP contribution in [0.2, 0.25) is 0 Å². The van der Waals surface area contributed by atoms with Crippen molar-refractivity contribution in [3.63, 3.8) is 0 Å². The zero-order chi connectivity index (χ0) is 16.0. The van der Waals surface area contributed by atoms with Gasteiger partial charge in [-0.1, -0.05) is 13.0 Å². The van der Waals surface area contributed by atoms with Gasteiger partial charge in [0.15, 0.2) is 0 Å². The van der Waals surface area contributed by atoms with Crippen LogP contribution in [0.4, 0.5) is 0 Å². The first kappa shape index (κ1) is 16.9. The number of amides is 1. The Bertz CT molecular complexity index is 589. The Morgan fingerprint density at radius 2 is 2.27 bits per heavy atom. The molecule has 1 fully saturated rings. The van der Waals surface area contributed by atoms with Crippen LogP contribution in [0, 0.1) is 0 Å². The molecule has 22 heavy (non-hydrogen) atoms. The van der Waals surface area contributed by atoms with Gasteiger partial charge in [0.1, 0.15) is 6.04 Å². The van der Waals surface area contributed by atoms with E-state index in [1.807, 2.05) is 25.1 Å². The quantitative estimate of drug-likeness (QED) is 0.809. The normalized spacial score (nSPS) is 19.2. The highest BCUT2D eigenvalue weighted by molar-refractivity contribution is 7.89. The van der Waals surface area contributed by atoms with Gasteiger partial charge >= 0.3 is 0 Å². The minimum atomic E-state index is -3.32. The van der Waals surface area contributed by atoms with Crippen molar-refractivity contribution in [2.45, 2.75) is 38.6 Å². The largest absolute Gasteiger partial charge is 0.354 e. The molecule has 2 heterocycles. The highest BCUT2D eigenvalue weighted by atomic mass is 32.2. The molecule has 122 valence electrons. The van der Waals surface area contributed by atoms with E-state index >= 15 is 0 Å². The Morgan fingerprint density at radius 1 is 1.45 bits per heavy atom. The molecule has 0 spiro atoms. The van der Waals surface area contributed by atoms with Gasteiger partial charge < -0.3 is 5.32 Å². The smallest absolute Gasteiger partial charge is 0.238 e. The molecule has 1 saturated heterocycles. The van der Waals surface area contributed by atoms with Crippen molar-refractivity contribution < 1.29 is 13.2 Å². The molecule has 1 N–H and O–H groups in total. The molecule has 1 aromatic heterocycles. The lowest BCUT2D eigenvalue weighted by Crippen LogP contribution is -2.46. The van der Waals surface area contributed by atoms with Crippen molar-refractivity contribution in [2.75, 3.05) is 18.8 Å². The summed E-state index contributed by atoms with van der Waals surface area (Å²) >= 11 is 0. The molecule has 1 aliphatic rings. The maximum atomic E-state index is 12.3. The maximum absolute atomic E-state index is 12.3. The van der Waals surface area contributed by atoms with E-state index in [9.17, 15) is 13.2 Å². The second kappa shape index (κ2) is 7.69. The molecule has 7 heteroatoms. The maximum Gasteiger partial charge on any atom is 0.238 e. The van der Waals surface area contributed by atoms with E-state index in [0.717, 1.165) is 12.1 Å². The first-order valence-corrected chi connectivity index (χ1v) is 9.32. The number of hydrogen-bond acceptors (Lipinski definition) is 4. The highest BCUT2D eigenvalue weighted by Gasteiger charge is 2.37. The van der Waals surface area contributed by atoms with Crippen molar-refractivity contribution in [2.24, 2.45) is 0 Å². The van der Waals surface area contributed by atoms with Crippen molar-refractivity contribution in [3.8, 4) is 0 Å². The van der Waals surface area contributed by atoms with E-state index in [-0.39, 0.29) is 11.7 Å². The summed E-state index contributed by atoms with van der Waals surface area (Å²) in [4.78, 5) is 16.5. The van der Waals surface area contributed by atoms with Crippen LogP contribution in [-0.2, 0) is 21.2 Å². The molecular weight excluding hydrogens is 302 g/mol. The topological polar surface area (TPSA) is 79.4 Å². The molecule has 0 bridgehead atoms. The molecule has 0 radical (unpaired) electrons. The van der Waals surface area contributed by atoms with Gasteiger partial charge in [0.2, 0.25) is 15.9 Å². The minimum Gasteiger partial charge on any atom is -0.354 e. The zero-order valence-electron chi connectivity index (χ0n) is 12.9. The summed E-state index contributed by atoms with van der Waals surface area (Å²) in [6.45, 7) is 2.74. The summed E-state index contributed by atoms with van der Waals surface area (Å²) in [5.41, 5.74) is 0.907. The first-order chi connectivity index (χ1) is 10.5. The number of nitrogens with zero attached hydrogens (tertiary/aromatic N) is 2. The van der Waals surface area contributed by atoms with Crippen LogP contribution < -0.4 is 5.32 Å². The van der Waals surface area contributed by atoms with E-state index in [4.69, 9.17) is 0 Å². The molecule has 1 atom stereocenters. The first-order valence-electron chi connectivity index (χ1n) is 7.71. The summed E-state index contributed by atoms with van der Waals surface area (Å²) in [6.07, 6.45) is 4.25. The Kier molecular flexibility index (Phi) is 5.90. The van der Waals surface area contributed by atoms with Gasteiger partial charge in [-0.3, -0.25) is 9.78 Å². The number of sulfonamides is 1. The van der Waals surface area contributed by atoms with Crippen molar-refractivity contribution in [1.82, 2.24) is 14.6 Å². The minimum absolute atomic E-state index is 0.102. The van der Waals surface area contributed by atoms with Gasteiger partial charge in [-0.15, -0.1) is 0 Å². The van der Waals surface area contributed by atoms with Crippen LogP contribution in [0.3, 0.4) is 0 Å². The third-order valence-electron chi connectivity index (χ3n) is 3.73. The van der Waals surface area contributed by atoms with E-state index in [1.165, 1.54) is 4.31 Å². The average molecular weight is 325 g/mol. The molecule has 1 aromatic rings. The average Bonchev–Trinajstić information content (AvgIpc) is 2.98. The second-order valence-corrected chi connectivity index (χ2v) is 7.49. The number of carbonyl (C=O) groups is 1. The number of rotatable bonds is 7. The third kappa shape index (κ3) is 4.27. The van der Waals surface area contributed by atoms with Crippen molar-refractivity contribution in [1.29, 1.82) is 0 Å². The van der Waals surface area contributed by atoms with E-state index in [1.54, 1.807) is 6.20 Å². The number of hydrogen-bond donors (Lipinski definition) is 1. The second-order valence-electron chi connectivity index (χ2n) is 5.45. The molecule has 6 nitrogen and oxygen atoms in total. The van der Waals surface area contributed by atoms with Crippen LogP contribution in [0.1, 0.15) is 31.9 Å². The predicted molar refractivity (Wildman–Crippen MR) is 84.8 cm³/mol. The van der Waals surface area contributed by atoms with E-state index in [2.05, 4.69) is 10.3 Å².